The van der Waals surface area contributed by atoms with Gasteiger partial charge in [0.05, 0.1) is 7.11 Å². The molecule has 0 aromatic heterocycles. The van der Waals surface area contributed by atoms with E-state index >= 15 is 0 Å². The minimum atomic E-state index is 0.201. The van der Waals surface area contributed by atoms with Gasteiger partial charge in [-0.05, 0) is 12.1 Å². The Morgan fingerprint density at radius 2 is 1.81 bits per heavy atom. The molecule has 0 saturated carbocycles. The van der Waals surface area contributed by atoms with E-state index in [-0.39, 0.29) is 12.5 Å². The van der Waals surface area contributed by atoms with Gasteiger partial charge in [-0.2, -0.15) is 0 Å². The van der Waals surface area contributed by atoms with Crippen molar-refractivity contribution < 1.29 is 19.3 Å². The van der Waals surface area contributed by atoms with Crippen LogP contribution in [0.15, 0.2) is 36.4 Å². The van der Waals surface area contributed by atoms with Gasteiger partial charge in [0.25, 0.3) is 0 Å². The Morgan fingerprint density at radius 3 is 2.62 bits per heavy atom. The second kappa shape index (κ2) is 5.93. The van der Waals surface area contributed by atoms with Crippen molar-refractivity contribution in [3.63, 3.8) is 0 Å². The normalized spacial score (nSPS) is 12.4. The van der Waals surface area contributed by atoms with Crippen LogP contribution in [-0.2, 0) is 13.1 Å². The van der Waals surface area contributed by atoms with Crippen molar-refractivity contribution in [3.05, 3.63) is 47.5 Å². The van der Waals surface area contributed by atoms with Gasteiger partial charge >= 0.3 is 0 Å². The highest BCUT2D eigenvalue weighted by molar-refractivity contribution is 5.51. The van der Waals surface area contributed by atoms with Gasteiger partial charge in [0.1, 0.15) is 11.5 Å². The molecule has 2 aromatic carbocycles. The summed E-state index contributed by atoms with van der Waals surface area (Å²) in [6.07, 6.45) is 0. The van der Waals surface area contributed by atoms with Crippen molar-refractivity contribution in [2.24, 2.45) is 0 Å². The first-order valence-electron chi connectivity index (χ1n) is 6.72. The Morgan fingerprint density at radius 1 is 1.10 bits per heavy atom. The van der Waals surface area contributed by atoms with Crippen LogP contribution in [0, 0.1) is 0 Å². The van der Waals surface area contributed by atoms with Crippen molar-refractivity contribution in [3.8, 4) is 23.0 Å². The second-order valence-corrected chi connectivity index (χ2v) is 4.75. The van der Waals surface area contributed by atoms with Crippen LogP contribution < -0.4 is 19.5 Å². The molecule has 2 N–H and O–H groups in total. The first-order chi connectivity index (χ1) is 10.3. The number of phenols is 1. The van der Waals surface area contributed by atoms with E-state index in [1.54, 1.807) is 19.2 Å². The summed E-state index contributed by atoms with van der Waals surface area (Å²) < 4.78 is 15.8. The third-order valence-corrected chi connectivity index (χ3v) is 3.40. The van der Waals surface area contributed by atoms with E-state index in [0.29, 0.717) is 24.6 Å². The van der Waals surface area contributed by atoms with Gasteiger partial charge < -0.3 is 24.6 Å². The van der Waals surface area contributed by atoms with Crippen LogP contribution in [0.3, 0.4) is 0 Å². The lowest BCUT2D eigenvalue weighted by molar-refractivity contribution is 0.174. The predicted molar refractivity (Wildman–Crippen MR) is 77.8 cm³/mol. The lowest BCUT2D eigenvalue weighted by Crippen LogP contribution is -2.13. The Hall–Kier alpha value is -2.40. The second-order valence-electron chi connectivity index (χ2n) is 4.75. The molecule has 0 fully saturated rings. The number of methoxy groups -OCH3 is 1. The van der Waals surface area contributed by atoms with Crippen molar-refractivity contribution in [2.45, 2.75) is 13.1 Å². The van der Waals surface area contributed by atoms with Gasteiger partial charge in [-0.3, -0.25) is 0 Å². The van der Waals surface area contributed by atoms with Gasteiger partial charge in [-0.1, -0.05) is 18.2 Å². The van der Waals surface area contributed by atoms with Crippen LogP contribution in [-0.4, -0.2) is 19.0 Å². The Kier molecular flexibility index (Phi) is 3.83. The summed E-state index contributed by atoms with van der Waals surface area (Å²) in [5.74, 6) is 2.30. The third kappa shape index (κ3) is 2.87. The van der Waals surface area contributed by atoms with Crippen LogP contribution in [0.5, 0.6) is 23.0 Å². The number of hydrogen-bond acceptors (Lipinski definition) is 5. The minimum Gasteiger partial charge on any atom is -0.507 e. The summed E-state index contributed by atoms with van der Waals surface area (Å²) in [6, 6.07) is 11.2. The summed E-state index contributed by atoms with van der Waals surface area (Å²) in [5, 5.41) is 13.3. The highest BCUT2D eigenvalue weighted by atomic mass is 16.7. The number of para-hydroxylation sites is 1. The molecule has 0 spiro atoms. The molecule has 0 radical (unpaired) electrons. The minimum absolute atomic E-state index is 0.201. The molecule has 0 amide bonds. The fourth-order valence-electron chi connectivity index (χ4n) is 2.30. The van der Waals surface area contributed by atoms with E-state index < -0.39 is 0 Å². The first-order valence-corrected chi connectivity index (χ1v) is 6.72. The molecule has 3 rings (SSSR count). The lowest BCUT2D eigenvalue weighted by atomic mass is 10.1. The monoisotopic (exact) mass is 287 g/mol. The molecule has 1 aliphatic heterocycles. The van der Waals surface area contributed by atoms with E-state index in [9.17, 15) is 5.11 Å². The van der Waals surface area contributed by atoms with Crippen molar-refractivity contribution in [2.75, 3.05) is 13.9 Å². The first kappa shape index (κ1) is 13.6. The number of fused-ring (bicyclic) bond motifs is 1. The molecule has 0 atom stereocenters. The molecule has 1 heterocycles. The fourth-order valence-corrected chi connectivity index (χ4v) is 2.30. The fraction of sp³-hybridized carbons (Fsp3) is 0.250. The van der Waals surface area contributed by atoms with E-state index in [1.165, 1.54) is 0 Å². The van der Waals surface area contributed by atoms with Crippen molar-refractivity contribution in [1.29, 1.82) is 0 Å². The highest BCUT2D eigenvalue weighted by Gasteiger charge is 2.16. The van der Waals surface area contributed by atoms with Crippen molar-refractivity contribution in [1.82, 2.24) is 5.32 Å². The SMILES string of the molecule is COc1ccccc1CNCc1cc2c(cc1O)OCO2. The molecular formula is C16H17NO4. The van der Waals surface area contributed by atoms with Crippen LogP contribution in [0.25, 0.3) is 0 Å². The lowest BCUT2D eigenvalue weighted by Gasteiger charge is -2.10. The Bertz CT molecular complexity index is 642. The van der Waals surface area contributed by atoms with E-state index in [4.69, 9.17) is 14.2 Å². The quantitative estimate of drug-likeness (QED) is 0.884. The Labute approximate surface area is 123 Å². The predicted octanol–water partition coefficient (Wildman–Crippen LogP) is 2.42. The molecule has 0 bridgehead atoms. The zero-order valence-electron chi connectivity index (χ0n) is 11.8. The number of rotatable bonds is 5. The maximum Gasteiger partial charge on any atom is 0.231 e. The largest absolute Gasteiger partial charge is 0.507 e. The molecule has 1 aliphatic rings. The third-order valence-electron chi connectivity index (χ3n) is 3.40. The molecule has 110 valence electrons. The standard InChI is InChI=1S/C16H17NO4/c1-19-14-5-3-2-4-11(14)8-17-9-12-6-15-16(7-13(12)18)21-10-20-15/h2-7,17-18H,8-10H2,1H3. The van der Waals surface area contributed by atoms with Gasteiger partial charge in [-0.15, -0.1) is 0 Å². The molecule has 0 unspecified atom stereocenters. The molecule has 21 heavy (non-hydrogen) atoms. The number of ether oxygens (including phenoxy) is 3. The van der Waals surface area contributed by atoms with Gasteiger partial charge in [-0.25, -0.2) is 0 Å². The molecule has 0 aliphatic carbocycles. The smallest absolute Gasteiger partial charge is 0.231 e. The van der Waals surface area contributed by atoms with E-state index in [0.717, 1.165) is 16.9 Å². The average molecular weight is 287 g/mol. The topological polar surface area (TPSA) is 60.0 Å². The molecule has 5 nitrogen and oxygen atoms in total. The van der Waals surface area contributed by atoms with Crippen LogP contribution in [0.2, 0.25) is 0 Å². The van der Waals surface area contributed by atoms with E-state index in [1.807, 2.05) is 24.3 Å². The summed E-state index contributed by atoms with van der Waals surface area (Å²) in [4.78, 5) is 0. The zero-order valence-corrected chi connectivity index (χ0v) is 11.8. The number of benzene rings is 2. The van der Waals surface area contributed by atoms with Crippen LogP contribution >= 0.6 is 0 Å². The van der Waals surface area contributed by atoms with E-state index in [2.05, 4.69) is 5.32 Å². The molecule has 0 saturated heterocycles. The molecular weight excluding hydrogens is 270 g/mol. The summed E-state index contributed by atoms with van der Waals surface area (Å²) in [6.45, 7) is 1.38. The zero-order chi connectivity index (χ0) is 14.7. The maximum absolute atomic E-state index is 9.97. The van der Waals surface area contributed by atoms with Gasteiger partial charge in [0.15, 0.2) is 11.5 Å². The summed E-state index contributed by atoms with van der Waals surface area (Å²) >= 11 is 0. The van der Waals surface area contributed by atoms with Crippen LogP contribution in [0.1, 0.15) is 11.1 Å². The summed E-state index contributed by atoms with van der Waals surface area (Å²) in [7, 11) is 1.66. The van der Waals surface area contributed by atoms with Gasteiger partial charge in [0, 0.05) is 30.3 Å². The molecule has 5 heteroatoms. The van der Waals surface area contributed by atoms with Crippen LogP contribution in [0.4, 0.5) is 0 Å². The van der Waals surface area contributed by atoms with Gasteiger partial charge in [0.2, 0.25) is 6.79 Å². The number of hydrogen-bond donors (Lipinski definition) is 2. The van der Waals surface area contributed by atoms with Crippen molar-refractivity contribution >= 4 is 0 Å². The number of phenolic OH excluding ortho intramolecular Hbond substituents is 1. The number of nitrogens with one attached hydrogen (secondary N) is 1. The maximum atomic E-state index is 9.97. The number of aromatic hydroxyl groups is 1. The summed E-state index contributed by atoms with van der Waals surface area (Å²) in [5.41, 5.74) is 1.84. The molecule has 2 aromatic rings. The highest BCUT2D eigenvalue weighted by Crippen LogP contribution is 2.37. The Balaban J connectivity index is 1.66. The average Bonchev–Trinajstić information content (AvgIpc) is 2.95.